The van der Waals surface area contributed by atoms with Gasteiger partial charge in [0, 0.05) is 18.0 Å². The fourth-order valence-electron chi connectivity index (χ4n) is 4.04. The monoisotopic (exact) mass is 406 g/mol. The smallest absolute Gasteiger partial charge is 0.307 e. The number of carbonyl (C=O) groups is 2. The third kappa shape index (κ3) is 4.03. The topological polar surface area (TPSA) is 60.9 Å². The minimum Gasteiger partial charge on any atom is -0.481 e. The molecule has 1 N–H and O–H groups in total. The Labute approximate surface area is 169 Å². The van der Waals surface area contributed by atoms with Crippen molar-refractivity contribution in [3.05, 3.63) is 57.8 Å². The van der Waals surface area contributed by atoms with Gasteiger partial charge < -0.3 is 10.0 Å². The average molecular weight is 407 g/mol. The number of benzene rings is 1. The van der Waals surface area contributed by atoms with Gasteiger partial charge >= 0.3 is 5.97 Å². The molecule has 0 aliphatic carbocycles. The SMILES string of the molecule is Cl.O=C(O)C1CCN(CC(=O)N2CCc3sccc3C2c2ccccc2)C1. The first-order valence-electron chi connectivity index (χ1n) is 8.99. The minimum absolute atomic E-state index is 0. The molecule has 1 fully saturated rings. The van der Waals surface area contributed by atoms with Gasteiger partial charge in [-0.15, -0.1) is 23.7 Å². The van der Waals surface area contributed by atoms with Gasteiger partial charge in [0.05, 0.1) is 18.5 Å². The molecular formula is C20H23ClN2O3S. The number of thiophene rings is 1. The van der Waals surface area contributed by atoms with Gasteiger partial charge in [0.2, 0.25) is 5.91 Å². The number of amides is 1. The van der Waals surface area contributed by atoms with Crippen LogP contribution in [0, 0.1) is 5.92 Å². The van der Waals surface area contributed by atoms with Crippen molar-refractivity contribution in [3.8, 4) is 0 Å². The molecule has 1 saturated heterocycles. The van der Waals surface area contributed by atoms with E-state index in [1.54, 1.807) is 11.3 Å². The molecule has 2 unspecified atom stereocenters. The van der Waals surface area contributed by atoms with E-state index < -0.39 is 5.97 Å². The quantitative estimate of drug-likeness (QED) is 0.847. The number of aliphatic carboxylic acids is 1. The summed E-state index contributed by atoms with van der Waals surface area (Å²) >= 11 is 1.76. The molecule has 2 atom stereocenters. The van der Waals surface area contributed by atoms with E-state index in [0.717, 1.165) is 12.0 Å². The van der Waals surface area contributed by atoms with Crippen molar-refractivity contribution in [1.29, 1.82) is 0 Å². The van der Waals surface area contributed by atoms with Crippen LogP contribution in [-0.2, 0) is 16.0 Å². The summed E-state index contributed by atoms with van der Waals surface area (Å²) in [6.07, 6.45) is 1.51. The molecule has 2 aliphatic heterocycles. The molecule has 7 heteroatoms. The number of carbonyl (C=O) groups excluding carboxylic acids is 1. The van der Waals surface area contributed by atoms with Crippen LogP contribution < -0.4 is 0 Å². The van der Waals surface area contributed by atoms with Gasteiger partial charge in [-0.3, -0.25) is 14.5 Å². The van der Waals surface area contributed by atoms with Crippen molar-refractivity contribution in [2.24, 2.45) is 5.92 Å². The Kier molecular flexibility index (Phi) is 6.19. The zero-order valence-electron chi connectivity index (χ0n) is 14.9. The highest BCUT2D eigenvalue weighted by atomic mass is 35.5. The number of hydrogen-bond acceptors (Lipinski definition) is 4. The van der Waals surface area contributed by atoms with Crippen LogP contribution >= 0.6 is 23.7 Å². The lowest BCUT2D eigenvalue weighted by Crippen LogP contribution is -2.45. The van der Waals surface area contributed by atoms with E-state index in [9.17, 15) is 9.59 Å². The van der Waals surface area contributed by atoms with Crippen LogP contribution in [0.2, 0.25) is 0 Å². The second-order valence-corrected chi connectivity index (χ2v) is 8.01. The molecule has 0 saturated carbocycles. The average Bonchev–Trinajstić information content (AvgIpc) is 3.30. The Morgan fingerprint density at radius 1 is 1.15 bits per heavy atom. The molecule has 1 aromatic heterocycles. The number of rotatable bonds is 4. The number of carboxylic acids is 1. The standard InChI is InChI=1S/C20H22N2O3S.ClH/c23-18(13-21-9-6-15(12-21)20(24)25)22-10-7-17-16(8-11-26-17)19(22)14-4-2-1-3-5-14;/h1-5,8,11,15,19H,6-7,9-10,12-13H2,(H,24,25);1H. The second-order valence-electron chi connectivity index (χ2n) is 7.01. The van der Waals surface area contributed by atoms with Crippen LogP contribution in [0.3, 0.4) is 0 Å². The summed E-state index contributed by atoms with van der Waals surface area (Å²) in [5.41, 5.74) is 2.36. The highest BCUT2D eigenvalue weighted by molar-refractivity contribution is 7.10. The van der Waals surface area contributed by atoms with Crippen LogP contribution in [0.5, 0.6) is 0 Å². The van der Waals surface area contributed by atoms with Crippen LogP contribution in [0.1, 0.15) is 28.5 Å². The van der Waals surface area contributed by atoms with Crippen molar-refractivity contribution < 1.29 is 14.7 Å². The molecule has 5 nitrogen and oxygen atoms in total. The molecule has 144 valence electrons. The third-order valence-corrected chi connectivity index (χ3v) is 6.38. The summed E-state index contributed by atoms with van der Waals surface area (Å²) in [6.45, 7) is 2.15. The predicted octanol–water partition coefficient (Wildman–Crippen LogP) is 3.05. The van der Waals surface area contributed by atoms with Gasteiger partial charge in [0.1, 0.15) is 0 Å². The van der Waals surface area contributed by atoms with E-state index >= 15 is 0 Å². The highest BCUT2D eigenvalue weighted by Gasteiger charge is 2.35. The lowest BCUT2D eigenvalue weighted by Gasteiger charge is -2.37. The van der Waals surface area contributed by atoms with Gasteiger partial charge in [-0.25, -0.2) is 0 Å². The Balaban J connectivity index is 0.00000210. The maximum atomic E-state index is 13.1. The normalized spacial score (nSPS) is 22.1. The third-order valence-electron chi connectivity index (χ3n) is 5.38. The van der Waals surface area contributed by atoms with E-state index in [1.165, 1.54) is 10.4 Å². The van der Waals surface area contributed by atoms with Gasteiger partial charge in [-0.2, -0.15) is 0 Å². The summed E-state index contributed by atoms with van der Waals surface area (Å²) in [7, 11) is 0. The van der Waals surface area contributed by atoms with Crippen molar-refractivity contribution in [2.45, 2.75) is 18.9 Å². The Morgan fingerprint density at radius 3 is 2.63 bits per heavy atom. The van der Waals surface area contributed by atoms with E-state index in [0.29, 0.717) is 32.6 Å². The summed E-state index contributed by atoms with van der Waals surface area (Å²) < 4.78 is 0. The first-order valence-corrected chi connectivity index (χ1v) is 9.87. The van der Waals surface area contributed by atoms with Gasteiger partial charge in [-0.05, 0) is 42.0 Å². The number of fused-ring (bicyclic) bond motifs is 1. The van der Waals surface area contributed by atoms with Gasteiger partial charge in [0.15, 0.2) is 0 Å². The molecule has 1 aromatic carbocycles. The van der Waals surface area contributed by atoms with Crippen LogP contribution in [0.25, 0.3) is 0 Å². The molecule has 4 rings (SSSR count). The molecule has 1 amide bonds. The van der Waals surface area contributed by atoms with Crippen molar-refractivity contribution in [2.75, 3.05) is 26.2 Å². The molecule has 27 heavy (non-hydrogen) atoms. The van der Waals surface area contributed by atoms with E-state index in [4.69, 9.17) is 5.11 Å². The number of likely N-dealkylation sites (tertiary alicyclic amines) is 1. The molecule has 0 bridgehead atoms. The molecule has 2 aromatic rings. The van der Waals surface area contributed by atoms with E-state index in [-0.39, 0.29) is 30.3 Å². The Bertz CT molecular complexity index is 811. The zero-order valence-corrected chi connectivity index (χ0v) is 16.5. The molecule has 0 radical (unpaired) electrons. The summed E-state index contributed by atoms with van der Waals surface area (Å²) in [5.74, 6) is -1.03. The van der Waals surface area contributed by atoms with Crippen molar-refractivity contribution >= 4 is 35.6 Å². The Morgan fingerprint density at radius 2 is 1.93 bits per heavy atom. The predicted molar refractivity (Wildman–Crippen MR) is 107 cm³/mol. The van der Waals surface area contributed by atoms with Gasteiger partial charge in [-0.1, -0.05) is 30.3 Å². The molecule has 0 spiro atoms. The van der Waals surface area contributed by atoms with Crippen LogP contribution in [0.4, 0.5) is 0 Å². The fraction of sp³-hybridized carbons (Fsp3) is 0.400. The lowest BCUT2D eigenvalue weighted by atomic mass is 9.93. The first-order chi connectivity index (χ1) is 12.6. The first kappa shape index (κ1) is 19.9. The Hall–Kier alpha value is -1.89. The van der Waals surface area contributed by atoms with Crippen molar-refractivity contribution in [3.63, 3.8) is 0 Å². The maximum Gasteiger partial charge on any atom is 0.307 e. The molecule has 3 heterocycles. The minimum atomic E-state index is -0.761. The lowest BCUT2D eigenvalue weighted by molar-refractivity contribution is -0.141. The van der Waals surface area contributed by atoms with E-state index in [1.807, 2.05) is 28.0 Å². The van der Waals surface area contributed by atoms with Crippen LogP contribution in [0.15, 0.2) is 41.8 Å². The fourth-order valence-corrected chi connectivity index (χ4v) is 4.94. The van der Waals surface area contributed by atoms with Crippen molar-refractivity contribution in [1.82, 2.24) is 9.80 Å². The van der Waals surface area contributed by atoms with Crippen LogP contribution in [-0.4, -0.2) is 53.0 Å². The maximum absolute atomic E-state index is 13.1. The number of halogens is 1. The van der Waals surface area contributed by atoms with Gasteiger partial charge in [0.25, 0.3) is 0 Å². The largest absolute Gasteiger partial charge is 0.481 e. The zero-order chi connectivity index (χ0) is 18.1. The number of hydrogen-bond donors (Lipinski definition) is 1. The molecular weight excluding hydrogens is 384 g/mol. The highest BCUT2D eigenvalue weighted by Crippen LogP contribution is 2.37. The second kappa shape index (κ2) is 8.42. The summed E-state index contributed by atoms with van der Waals surface area (Å²) in [4.78, 5) is 29.6. The van der Waals surface area contributed by atoms with E-state index in [2.05, 4.69) is 23.6 Å². The summed E-state index contributed by atoms with van der Waals surface area (Å²) in [5, 5.41) is 11.3. The molecule has 2 aliphatic rings. The summed E-state index contributed by atoms with van der Waals surface area (Å²) in [6, 6.07) is 12.3. The number of nitrogens with zero attached hydrogens (tertiary/aromatic N) is 2. The number of carboxylic acid groups (broad SMARTS) is 1.